The van der Waals surface area contributed by atoms with Gasteiger partial charge in [-0.2, -0.15) is 5.26 Å². The summed E-state index contributed by atoms with van der Waals surface area (Å²) >= 11 is 0. The Labute approximate surface area is 91.2 Å². The molecule has 2 fully saturated rings. The summed E-state index contributed by atoms with van der Waals surface area (Å²) in [5.74, 6) is 0. The smallest absolute Gasteiger partial charge is 0.0843 e. The van der Waals surface area contributed by atoms with Crippen molar-refractivity contribution in [3.05, 3.63) is 0 Å². The monoisotopic (exact) mass is 209 g/mol. The van der Waals surface area contributed by atoms with Crippen molar-refractivity contribution in [2.75, 3.05) is 32.8 Å². The molecule has 4 nitrogen and oxygen atoms in total. The van der Waals surface area contributed by atoms with Crippen LogP contribution in [0.3, 0.4) is 0 Å². The van der Waals surface area contributed by atoms with Crippen LogP contribution in [0.5, 0.6) is 0 Å². The standard InChI is InChI=1S/C11H19N3O/c12-4-5-13-10-3-6-14(8-10)9-11-2-1-7-15-11/h10-11,13H,1-3,5-9H2. The summed E-state index contributed by atoms with van der Waals surface area (Å²) in [5.41, 5.74) is 0. The second kappa shape index (κ2) is 5.45. The Bertz CT molecular complexity index is 232. The number of hydrogen-bond donors (Lipinski definition) is 1. The van der Waals surface area contributed by atoms with Crippen molar-refractivity contribution in [1.29, 1.82) is 5.26 Å². The molecule has 2 saturated heterocycles. The van der Waals surface area contributed by atoms with Gasteiger partial charge in [-0.3, -0.25) is 4.90 Å². The van der Waals surface area contributed by atoms with Crippen LogP contribution < -0.4 is 5.32 Å². The van der Waals surface area contributed by atoms with Crippen LogP contribution in [-0.2, 0) is 4.74 Å². The molecule has 4 heteroatoms. The number of nitrogens with zero attached hydrogens (tertiary/aromatic N) is 2. The molecule has 0 amide bonds. The number of rotatable bonds is 4. The van der Waals surface area contributed by atoms with Crippen LogP contribution in [0.25, 0.3) is 0 Å². The topological polar surface area (TPSA) is 48.3 Å². The molecule has 0 bridgehead atoms. The Balaban J connectivity index is 1.66. The van der Waals surface area contributed by atoms with Gasteiger partial charge in [-0.25, -0.2) is 0 Å². The first-order valence-electron chi connectivity index (χ1n) is 5.83. The van der Waals surface area contributed by atoms with Crippen LogP contribution in [0, 0.1) is 11.3 Å². The van der Waals surface area contributed by atoms with Gasteiger partial charge in [0, 0.05) is 25.7 Å². The molecule has 2 aliphatic heterocycles. The first-order valence-corrected chi connectivity index (χ1v) is 5.83. The Kier molecular flexibility index (Phi) is 3.95. The molecule has 0 spiro atoms. The fourth-order valence-corrected chi connectivity index (χ4v) is 2.43. The normalized spacial score (nSPS) is 31.9. The molecule has 2 atom stereocenters. The Morgan fingerprint density at radius 2 is 2.40 bits per heavy atom. The van der Waals surface area contributed by atoms with Crippen LogP contribution in [0.2, 0.25) is 0 Å². The lowest BCUT2D eigenvalue weighted by Gasteiger charge is -2.19. The number of ether oxygens (including phenoxy) is 1. The van der Waals surface area contributed by atoms with E-state index in [1.165, 1.54) is 12.8 Å². The molecule has 84 valence electrons. The predicted octanol–water partition coefficient (Wildman–Crippen LogP) is 0.353. The van der Waals surface area contributed by atoms with E-state index in [9.17, 15) is 0 Å². The fraction of sp³-hybridized carbons (Fsp3) is 0.909. The lowest BCUT2D eigenvalue weighted by molar-refractivity contribution is 0.0801. The Hall–Kier alpha value is -0.630. The van der Waals surface area contributed by atoms with Crippen molar-refractivity contribution in [2.24, 2.45) is 0 Å². The van der Waals surface area contributed by atoms with Crippen LogP contribution >= 0.6 is 0 Å². The maximum absolute atomic E-state index is 8.48. The molecule has 2 unspecified atom stereocenters. The number of hydrogen-bond acceptors (Lipinski definition) is 4. The second-order valence-electron chi connectivity index (χ2n) is 4.42. The largest absolute Gasteiger partial charge is 0.377 e. The van der Waals surface area contributed by atoms with Gasteiger partial charge in [0.25, 0.3) is 0 Å². The molecule has 2 rings (SSSR count). The van der Waals surface area contributed by atoms with Crippen LogP contribution in [0.1, 0.15) is 19.3 Å². The summed E-state index contributed by atoms with van der Waals surface area (Å²) in [7, 11) is 0. The summed E-state index contributed by atoms with van der Waals surface area (Å²) < 4.78 is 5.62. The van der Waals surface area contributed by atoms with E-state index in [1.807, 2.05) is 0 Å². The lowest BCUT2D eigenvalue weighted by atomic mass is 10.2. The maximum Gasteiger partial charge on any atom is 0.0843 e. The minimum absolute atomic E-state index is 0.458. The minimum atomic E-state index is 0.458. The van der Waals surface area contributed by atoms with E-state index in [0.717, 1.165) is 32.7 Å². The highest BCUT2D eigenvalue weighted by Gasteiger charge is 2.25. The molecule has 0 aliphatic carbocycles. The summed E-state index contributed by atoms with van der Waals surface area (Å²) in [6.07, 6.45) is 4.05. The van der Waals surface area contributed by atoms with Crippen molar-refractivity contribution >= 4 is 0 Å². The van der Waals surface area contributed by atoms with Gasteiger partial charge in [0.05, 0.1) is 18.7 Å². The molecule has 2 heterocycles. The highest BCUT2D eigenvalue weighted by atomic mass is 16.5. The summed E-state index contributed by atoms with van der Waals surface area (Å²) in [6, 6.07) is 2.63. The molecule has 2 aliphatic rings. The third kappa shape index (κ3) is 3.16. The first-order chi connectivity index (χ1) is 7.38. The van der Waals surface area contributed by atoms with Crippen LogP contribution in [0.15, 0.2) is 0 Å². The molecule has 0 saturated carbocycles. The second-order valence-corrected chi connectivity index (χ2v) is 4.42. The minimum Gasteiger partial charge on any atom is -0.377 e. The third-order valence-corrected chi connectivity index (χ3v) is 3.23. The van der Waals surface area contributed by atoms with Crippen LogP contribution in [-0.4, -0.2) is 49.8 Å². The number of nitrogens with one attached hydrogen (secondary N) is 1. The van der Waals surface area contributed by atoms with Gasteiger partial charge in [-0.15, -0.1) is 0 Å². The summed E-state index contributed by atoms with van der Waals surface area (Å²) in [4.78, 5) is 2.45. The quantitative estimate of drug-likeness (QED) is 0.679. The van der Waals surface area contributed by atoms with Crippen LogP contribution in [0.4, 0.5) is 0 Å². The number of nitriles is 1. The van der Waals surface area contributed by atoms with Gasteiger partial charge in [-0.05, 0) is 25.8 Å². The maximum atomic E-state index is 8.48. The van der Waals surface area contributed by atoms with Gasteiger partial charge in [0.1, 0.15) is 0 Å². The van der Waals surface area contributed by atoms with Gasteiger partial charge in [0.15, 0.2) is 0 Å². The van der Waals surface area contributed by atoms with Gasteiger partial charge < -0.3 is 10.1 Å². The van der Waals surface area contributed by atoms with Crippen molar-refractivity contribution in [2.45, 2.75) is 31.4 Å². The zero-order valence-electron chi connectivity index (χ0n) is 9.11. The van der Waals surface area contributed by atoms with E-state index in [-0.39, 0.29) is 0 Å². The van der Waals surface area contributed by atoms with E-state index in [0.29, 0.717) is 18.7 Å². The van der Waals surface area contributed by atoms with Crippen molar-refractivity contribution in [1.82, 2.24) is 10.2 Å². The van der Waals surface area contributed by atoms with Crippen molar-refractivity contribution < 1.29 is 4.74 Å². The molecular weight excluding hydrogens is 190 g/mol. The first kappa shape index (κ1) is 10.9. The predicted molar refractivity (Wildman–Crippen MR) is 57.4 cm³/mol. The van der Waals surface area contributed by atoms with Gasteiger partial charge in [0.2, 0.25) is 0 Å². The van der Waals surface area contributed by atoms with Crippen molar-refractivity contribution in [3.63, 3.8) is 0 Å². The molecule has 0 aromatic heterocycles. The average Bonchev–Trinajstić information content (AvgIpc) is 2.87. The Morgan fingerprint density at radius 1 is 1.47 bits per heavy atom. The van der Waals surface area contributed by atoms with E-state index >= 15 is 0 Å². The van der Waals surface area contributed by atoms with E-state index < -0.39 is 0 Å². The van der Waals surface area contributed by atoms with Crippen molar-refractivity contribution in [3.8, 4) is 6.07 Å². The highest BCUT2D eigenvalue weighted by molar-refractivity contribution is 4.86. The molecule has 0 aromatic rings. The van der Waals surface area contributed by atoms with Gasteiger partial charge >= 0.3 is 0 Å². The Morgan fingerprint density at radius 3 is 3.13 bits per heavy atom. The zero-order valence-corrected chi connectivity index (χ0v) is 9.11. The lowest BCUT2D eigenvalue weighted by Crippen LogP contribution is -2.35. The van der Waals surface area contributed by atoms with Gasteiger partial charge in [-0.1, -0.05) is 0 Å². The molecular formula is C11H19N3O. The molecule has 0 radical (unpaired) electrons. The highest BCUT2D eigenvalue weighted by Crippen LogP contribution is 2.16. The average molecular weight is 209 g/mol. The molecule has 1 N–H and O–H groups in total. The zero-order chi connectivity index (χ0) is 10.5. The summed E-state index contributed by atoms with van der Waals surface area (Å²) in [6.45, 7) is 4.70. The number of likely N-dealkylation sites (tertiary alicyclic amines) is 1. The fourth-order valence-electron chi connectivity index (χ4n) is 2.43. The third-order valence-electron chi connectivity index (χ3n) is 3.23. The molecule has 0 aromatic carbocycles. The summed E-state index contributed by atoms with van der Waals surface area (Å²) in [5, 5.41) is 11.7. The SMILES string of the molecule is N#CCNC1CCN(CC2CCCO2)C1. The van der Waals surface area contributed by atoms with E-state index in [4.69, 9.17) is 10.00 Å². The molecule has 15 heavy (non-hydrogen) atoms. The van der Waals surface area contributed by atoms with E-state index in [2.05, 4.69) is 16.3 Å². The van der Waals surface area contributed by atoms with E-state index in [1.54, 1.807) is 0 Å².